The smallest absolute Gasteiger partial charge is 0.162 e. The number of aryl methyl sites for hydroxylation is 1. The van der Waals surface area contributed by atoms with Gasteiger partial charge in [-0.3, -0.25) is 0 Å². The van der Waals surface area contributed by atoms with E-state index in [0.29, 0.717) is 17.4 Å². The summed E-state index contributed by atoms with van der Waals surface area (Å²) in [6, 6.07) is 0. The molecule has 1 N–H and O–H groups in total. The van der Waals surface area contributed by atoms with Crippen molar-refractivity contribution in [3.8, 4) is 0 Å². The maximum atomic E-state index is 9.79. The Balaban J connectivity index is 2.16. The molecule has 2 heterocycles. The molecule has 0 spiro atoms. The van der Waals surface area contributed by atoms with E-state index in [4.69, 9.17) is 4.74 Å². The fourth-order valence-corrected chi connectivity index (χ4v) is 2.03. The number of ether oxygens (including phenoxy) is 1. The average Bonchev–Trinajstić information content (AvgIpc) is 2.72. The second-order valence-electron chi connectivity index (χ2n) is 2.97. The average molecular weight is 197 g/mol. The van der Waals surface area contributed by atoms with Crippen LogP contribution in [0.25, 0.3) is 0 Å². The summed E-state index contributed by atoms with van der Waals surface area (Å²) in [4.78, 5) is 4.20. The van der Waals surface area contributed by atoms with Crippen molar-refractivity contribution in [2.24, 2.45) is 0 Å². The molecule has 1 atom stereocenters. The van der Waals surface area contributed by atoms with Crippen LogP contribution < -0.4 is 0 Å². The molecule has 2 rings (SSSR count). The Morgan fingerprint density at radius 3 is 3.08 bits per heavy atom. The minimum absolute atomic E-state index is 0.648. The molecule has 0 bridgehead atoms. The molecule has 3 nitrogen and oxygen atoms in total. The summed E-state index contributed by atoms with van der Waals surface area (Å²) in [5.41, 5.74) is 0.942. The van der Waals surface area contributed by atoms with Crippen molar-refractivity contribution in [2.45, 2.75) is 19.4 Å². The Bertz CT molecular complexity index is 332. The van der Waals surface area contributed by atoms with Gasteiger partial charge < -0.3 is 9.84 Å². The Morgan fingerprint density at radius 1 is 1.69 bits per heavy atom. The summed E-state index contributed by atoms with van der Waals surface area (Å²) >= 11 is 1.46. The van der Waals surface area contributed by atoms with Crippen LogP contribution in [-0.4, -0.2) is 16.7 Å². The monoisotopic (exact) mass is 197 g/mol. The fraction of sp³-hybridized carbons (Fsp3) is 0.444. The molecule has 13 heavy (non-hydrogen) atoms. The van der Waals surface area contributed by atoms with Crippen LogP contribution in [0.5, 0.6) is 0 Å². The summed E-state index contributed by atoms with van der Waals surface area (Å²) in [7, 11) is 0. The van der Waals surface area contributed by atoms with Gasteiger partial charge in [0.1, 0.15) is 10.8 Å². The van der Waals surface area contributed by atoms with Crippen molar-refractivity contribution in [3.63, 3.8) is 0 Å². The van der Waals surface area contributed by atoms with E-state index in [1.807, 2.05) is 18.4 Å². The van der Waals surface area contributed by atoms with Gasteiger partial charge >= 0.3 is 0 Å². The third-order valence-corrected chi connectivity index (χ3v) is 2.89. The molecule has 0 aliphatic carbocycles. The quantitative estimate of drug-likeness (QED) is 0.786. The van der Waals surface area contributed by atoms with Crippen LogP contribution >= 0.6 is 11.3 Å². The molecule has 1 aliphatic heterocycles. The molecular weight excluding hydrogens is 186 g/mol. The lowest BCUT2D eigenvalue weighted by Gasteiger charge is -2.08. The molecular formula is C9H11NO2S. The third kappa shape index (κ3) is 1.73. The number of rotatable bonds is 2. The highest BCUT2D eigenvalue weighted by Crippen LogP contribution is 2.28. The minimum Gasteiger partial charge on any atom is -0.495 e. The van der Waals surface area contributed by atoms with Crippen molar-refractivity contribution < 1.29 is 9.84 Å². The van der Waals surface area contributed by atoms with Crippen LogP contribution in [0.1, 0.15) is 23.2 Å². The van der Waals surface area contributed by atoms with Crippen LogP contribution in [0.15, 0.2) is 17.2 Å². The summed E-state index contributed by atoms with van der Waals surface area (Å²) < 4.78 is 5.26. The van der Waals surface area contributed by atoms with E-state index < -0.39 is 6.10 Å². The second-order valence-corrected chi connectivity index (χ2v) is 3.86. The molecule has 1 aliphatic rings. The number of hydrogen-bond donors (Lipinski definition) is 1. The molecule has 4 heteroatoms. The number of hydrogen-bond acceptors (Lipinski definition) is 4. The molecule has 1 aromatic rings. The van der Waals surface area contributed by atoms with Gasteiger partial charge in [-0.15, -0.1) is 11.3 Å². The number of thiazole rings is 1. The van der Waals surface area contributed by atoms with Crippen molar-refractivity contribution in [1.29, 1.82) is 0 Å². The maximum absolute atomic E-state index is 9.79. The first kappa shape index (κ1) is 8.72. The lowest BCUT2D eigenvalue weighted by atomic mass is 10.3. The zero-order valence-electron chi connectivity index (χ0n) is 7.36. The highest BCUT2D eigenvalue weighted by atomic mass is 32.1. The first-order valence-electron chi connectivity index (χ1n) is 4.20. The van der Waals surface area contributed by atoms with Crippen LogP contribution in [0.4, 0.5) is 0 Å². The molecule has 1 aromatic heterocycles. The van der Waals surface area contributed by atoms with E-state index in [-0.39, 0.29) is 0 Å². The number of aliphatic hydroxyl groups excluding tert-OH is 1. The van der Waals surface area contributed by atoms with Crippen molar-refractivity contribution in [1.82, 2.24) is 4.98 Å². The maximum Gasteiger partial charge on any atom is 0.162 e. The summed E-state index contributed by atoms with van der Waals surface area (Å²) in [6.07, 6.45) is 2.14. The van der Waals surface area contributed by atoms with Gasteiger partial charge in [0.15, 0.2) is 6.10 Å². The lowest BCUT2D eigenvalue weighted by molar-refractivity contribution is 0.118. The molecule has 0 amide bonds. The molecule has 0 aromatic carbocycles. The van der Waals surface area contributed by atoms with Crippen LogP contribution in [0.3, 0.4) is 0 Å². The number of aliphatic hydroxyl groups is 1. The zero-order chi connectivity index (χ0) is 9.26. The molecule has 70 valence electrons. The number of aromatic nitrogens is 1. The summed E-state index contributed by atoms with van der Waals surface area (Å²) in [5, 5.41) is 12.4. The predicted molar refractivity (Wildman–Crippen MR) is 50.5 cm³/mol. The Kier molecular flexibility index (Phi) is 2.33. The van der Waals surface area contributed by atoms with E-state index in [0.717, 1.165) is 12.1 Å². The largest absolute Gasteiger partial charge is 0.495 e. The Morgan fingerprint density at radius 2 is 2.54 bits per heavy atom. The van der Waals surface area contributed by atoms with Gasteiger partial charge in [0.05, 0.1) is 6.61 Å². The molecule has 0 saturated carbocycles. The zero-order valence-corrected chi connectivity index (χ0v) is 8.17. The van der Waals surface area contributed by atoms with Gasteiger partial charge in [-0.25, -0.2) is 4.98 Å². The molecule has 1 unspecified atom stereocenters. The molecule has 0 fully saturated rings. The fourth-order valence-electron chi connectivity index (χ4n) is 1.25. The predicted octanol–water partition coefficient (Wildman–Crippen LogP) is 1.79. The van der Waals surface area contributed by atoms with Crippen LogP contribution in [-0.2, 0) is 4.74 Å². The van der Waals surface area contributed by atoms with Gasteiger partial charge in [0.2, 0.25) is 0 Å². The van der Waals surface area contributed by atoms with E-state index in [2.05, 4.69) is 4.98 Å². The van der Waals surface area contributed by atoms with E-state index in [1.165, 1.54) is 11.3 Å². The molecule has 0 radical (unpaired) electrons. The van der Waals surface area contributed by atoms with Gasteiger partial charge in [-0.2, -0.15) is 0 Å². The van der Waals surface area contributed by atoms with E-state index >= 15 is 0 Å². The number of nitrogens with zero attached hydrogens (tertiary/aromatic N) is 1. The minimum atomic E-state index is -0.666. The summed E-state index contributed by atoms with van der Waals surface area (Å²) in [5.74, 6) is 0.648. The Labute approximate surface area is 80.7 Å². The lowest BCUT2D eigenvalue weighted by Crippen LogP contribution is -2.01. The highest BCUT2D eigenvalue weighted by molar-refractivity contribution is 7.09. The van der Waals surface area contributed by atoms with Gasteiger partial charge in [-0.05, 0) is 13.0 Å². The third-order valence-electron chi connectivity index (χ3n) is 1.87. The normalized spacial score (nSPS) is 18.2. The van der Waals surface area contributed by atoms with Gasteiger partial charge in [-0.1, -0.05) is 0 Å². The Hall–Kier alpha value is -0.870. The summed E-state index contributed by atoms with van der Waals surface area (Å²) in [6.45, 7) is 2.59. The van der Waals surface area contributed by atoms with E-state index in [1.54, 1.807) is 0 Å². The van der Waals surface area contributed by atoms with Gasteiger partial charge in [0, 0.05) is 17.5 Å². The first-order valence-corrected chi connectivity index (χ1v) is 5.08. The van der Waals surface area contributed by atoms with Crippen molar-refractivity contribution in [3.05, 3.63) is 27.9 Å². The topological polar surface area (TPSA) is 42.4 Å². The highest BCUT2D eigenvalue weighted by Gasteiger charge is 2.20. The second kappa shape index (κ2) is 3.47. The van der Waals surface area contributed by atoms with Crippen LogP contribution in [0.2, 0.25) is 0 Å². The van der Waals surface area contributed by atoms with Gasteiger partial charge in [0.25, 0.3) is 0 Å². The van der Waals surface area contributed by atoms with E-state index in [9.17, 15) is 5.11 Å². The molecule has 0 saturated heterocycles. The standard InChI is InChI=1S/C9H11NO2S/c1-6-5-13-9(10-6)8(11)7-3-2-4-12-7/h3,5,8,11H,2,4H2,1H3. The van der Waals surface area contributed by atoms with Crippen molar-refractivity contribution >= 4 is 11.3 Å². The SMILES string of the molecule is Cc1csc(C(O)C2=CCCO2)n1. The van der Waals surface area contributed by atoms with Crippen molar-refractivity contribution in [2.75, 3.05) is 6.61 Å². The first-order chi connectivity index (χ1) is 6.27. The van der Waals surface area contributed by atoms with Crippen LogP contribution in [0, 0.1) is 6.92 Å².